The molecule has 2 rings (SSSR count). The van der Waals surface area contributed by atoms with Gasteiger partial charge in [-0.2, -0.15) is 0 Å². The fourth-order valence-electron chi connectivity index (χ4n) is 2.37. The number of nitrogens with one attached hydrogen (secondary N) is 1. The Morgan fingerprint density at radius 2 is 2.06 bits per heavy atom. The van der Waals surface area contributed by atoms with Gasteiger partial charge in [0.2, 0.25) is 0 Å². The lowest BCUT2D eigenvalue weighted by Gasteiger charge is -2.31. The van der Waals surface area contributed by atoms with Gasteiger partial charge >= 0.3 is 0 Å². The van der Waals surface area contributed by atoms with Crippen molar-refractivity contribution in [3.63, 3.8) is 0 Å². The van der Waals surface area contributed by atoms with Crippen LogP contribution in [0.25, 0.3) is 0 Å². The number of aliphatic hydroxyl groups excluding tert-OH is 1. The predicted octanol–water partition coefficient (Wildman–Crippen LogP) is 1.91. The molecule has 2 unspecified atom stereocenters. The van der Waals surface area contributed by atoms with Crippen LogP contribution in [0.5, 0.6) is 0 Å². The number of rotatable bonds is 3. The molecule has 1 aliphatic carbocycles. The van der Waals surface area contributed by atoms with E-state index in [1.807, 2.05) is 0 Å². The summed E-state index contributed by atoms with van der Waals surface area (Å²) >= 11 is 0. The third-order valence-corrected chi connectivity index (χ3v) is 3.42. The highest BCUT2D eigenvalue weighted by molar-refractivity contribution is 5.45. The smallest absolute Gasteiger partial charge is 0.168 e. The zero-order valence-electron chi connectivity index (χ0n) is 10.00. The maximum Gasteiger partial charge on any atom is 0.168 e. The molecule has 6 heteroatoms. The molecule has 0 amide bonds. The van der Waals surface area contributed by atoms with Gasteiger partial charge in [0, 0.05) is 24.6 Å². The molecule has 100 valence electrons. The lowest BCUT2D eigenvalue weighted by Crippen LogP contribution is -2.35. The number of nitrogens with zero attached hydrogens (tertiary/aromatic N) is 1. The molecule has 1 fully saturated rings. The Balaban J connectivity index is 2.15. The third-order valence-electron chi connectivity index (χ3n) is 3.42. The fourth-order valence-corrected chi connectivity index (χ4v) is 2.37. The molecule has 4 nitrogen and oxygen atoms in total. The molecule has 2 atom stereocenters. The summed E-state index contributed by atoms with van der Waals surface area (Å²) in [6, 6.07) is 0.678. The van der Waals surface area contributed by atoms with Gasteiger partial charge in [0.25, 0.3) is 0 Å². The van der Waals surface area contributed by atoms with Gasteiger partial charge in [0.05, 0.1) is 0 Å². The predicted molar refractivity (Wildman–Crippen MR) is 65.0 cm³/mol. The van der Waals surface area contributed by atoms with E-state index in [0.717, 1.165) is 31.7 Å². The Hall–Kier alpha value is -1.43. The molecule has 1 saturated carbocycles. The molecule has 4 N–H and O–H groups in total. The van der Waals surface area contributed by atoms with E-state index >= 15 is 0 Å². The number of aliphatic hydroxyl groups is 1. The topological polar surface area (TPSA) is 71.2 Å². The Bertz CT molecular complexity index is 428. The average molecular weight is 257 g/mol. The zero-order chi connectivity index (χ0) is 13.1. The normalized spacial score (nSPS) is 23.9. The molecule has 0 radical (unpaired) electrons. The first-order valence-corrected chi connectivity index (χ1v) is 6.10. The lowest BCUT2D eigenvalue weighted by atomic mass is 9.85. The number of aromatic nitrogens is 1. The first-order valence-electron chi connectivity index (χ1n) is 6.10. The van der Waals surface area contributed by atoms with E-state index < -0.39 is 11.6 Å². The standard InChI is InChI=1S/C12H17F2N3O/c13-8-5-9(14)12(17-11(8)15)16-10-4-2-1-3-7(10)6-18/h5,7,10,18H,1-4,6H2,(H3,15,16,17). The Kier molecular flexibility index (Phi) is 3.96. The summed E-state index contributed by atoms with van der Waals surface area (Å²) < 4.78 is 26.5. The van der Waals surface area contributed by atoms with Crippen LogP contribution in [0.3, 0.4) is 0 Å². The summed E-state index contributed by atoms with van der Waals surface area (Å²) in [4.78, 5) is 3.67. The molecular formula is C12H17F2N3O. The Morgan fingerprint density at radius 3 is 2.78 bits per heavy atom. The first kappa shape index (κ1) is 13.0. The van der Waals surface area contributed by atoms with Crippen molar-refractivity contribution >= 4 is 11.6 Å². The minimum Gasteiger partial charge on any atom is -0.396 e. The maximum absolute atomic E-state index is 13.5. The van der Waals surface area contributed by atoms with Gasteiger partial charge in [-0.1, -0.05) is 12.8 Å². The highest BCUT2D eigenvalue weighted by Gasteiger charge is 2.25. The van der Waals surface area contributed by atoms with Crippen LogP contribution in [-0.2, 0) is 0 Å². The molecule has 0 saturated heterocycles. The van der Waals surface area contributed by atoms with Crippen molar-refractivity contribution in [2.75, 3.05) is 17.7 Å². The van der Waals surface area contributed by atoms with Crippen molar-refractivity contribution < 1.29 is 13.9 Å². The average Bonchev–Trinajstić information content (AvgIpc) is 2.36. The van der Waals surface area contributed by atoms with E-state index in [9.17, 15) is 13.9 Å². The van der Waals surface area contributed by atoms with E-state index in [-0.39, 0.29) is 30.2 Å². The second-order valence-electron chi connectivity index (χ2n) is 4.66. The molecule has 18 heavy (non-hydrogen) atoms. The number of nitrogen functional groups attached to an aromatic ring is 1. The number of nitrogens with two attached hydrogens (primary N) is 1. The molecular weight excluding hydrogens is 240 g/mol. The third kappa shape index (κ3) is 2.69. The fraction of sp³-hybridized carbons (Fsp3) is 0.583. The van der Waals surface area contributed by atoms with E-state index in [1.54, 1.807) is 0 Å². The quantitative estimate of drug-likeness (QED) is 0.773. The largest absolute Gasteiger partial charge is 0.396 e. The molecule has 0 aromatic carbocycles. The second kappa shape index (κ2) is 5.48. The molecule has 0 bridgehead atoms. The Labute approximate surface area is 104 Å². The van der Waals surface area contributed by atoms with Gasteiger partial charge in [-0.25, -0.2) is 13.8 Å². The van der Waals surface area contributed by atoms with Crippen LogP contribution < -0.4 is 11.1 Å². The van der Waals surface area contributed by atoms with Crippen LogP contribution in [0.4, 0.5) is 20.4 Å². The molecule has 1 heterocycles. The molecule has 0 aliphatic heterocycles. The van der Waals surface area contributed by atoms with Crippen molar-refractivity contribution in [1.82, 2.24) is 4.98 Å². The summed E-state index contributed by atoms with van der Waals surface area (Å²) in [6.07, 6.45) is 3.81. The second-order valence-corrected chi connectivity index (χ2v) is 4.66. The highest BCUT2D eigenvalue weighted by atomic mass is 19.1. The van der Waals surface area contributed by atoms with E-state index in [0.29, 0.717) is 0 Å². The summed E-state index contributed by atoms with van der Waals surface area (Å²) in [7, 11) is 0. The first-order chi connectivity index (χ1) is 8.61. The van der Waals surface area contributed by atoms with Gasteiger partial charge in [-0.05, 0) is 12.8 Å². The van der Waals surface area contributed by atoms with Gasteiger partial charge in [-0.3, -0.25) is 0 Å². The van der Waals surface area contributed by atoms with E-state index in [1.165, 1.54) is 0 Å². The van der Waals surface area contributed by atoms with Crippen LogP contribution in [0.2, 0.25) is 0 Å². The SMILES string of the molecule is Nc1nc(NC2CCCCC2CO)c(F)cc1F. The summed E-state index contributed by atoms with van der Waals surface area (Å²) in [6.45, 7) is 0.0516. The van der Waals surface area contributed by atoms with E-state index in [2.05, 4.69) is 10.3 Å². The highest BCUT2D eigenvalue weighted by Crippen LogP contribution is 2.27. The minimum atomic E-state index is -0.861. The van der Waals surface area contributed by atoms with E-state index in [4.69, 9.17) is 5.73 Å². The van der Waals surface area contributed by atoms with Crippen LogP contribution in [0, 0.1) is 17.6 Å². The lowest BCUT2D eigenvalue weighted by molar-refractivity contribution is 0.178. The monoisotopic (exact) mass is 257 g/mol. The van der Waals surface area contributed by atoms with Crippen LogP contribution in [0.1, 0.15) is 25.7 Å². The van der Waals surface area contributed by atoms with Crippen molar-refractivity contribution in [1.29, 1.82) is 0 Å². The summed E-state index contributed by atoms with van der Waals surface area (Å²) in [5, 5.41) is 12.2. The van der Waals surface area contributed by atoms with Crippen LogP contribution >= 0.6 is 0 Å². The molecule has 1 aliphatic rings. The van der Waals surface area contributed by atoms with Crippen molar-refractivity contribution in [2.45, 2.75) is 31.7 Å². The number of anilines is 2. The van der Waals surface area contributed by atoms with Gasteiger partial charge < -0.3 is 16.2 Å². The number of halogens is 2. The van der Waals surface area contributed by atoms with Crippen molar-refractivity contribution in [3.8, 4) is 0 Å². The summed E-state index contributed by atoms with van der Waals surface area (Å²) in [5.41, 5.74) is 5.32. The molecule has 1 aromatic heterocycles. The zero-order valence-corrected chi connectivity index (χ0v) is 10.00. The number of hydrogen-bond donors (Lipinski definition) is 3. The minimum absolute atomic E-state index is 0.0424. The molecule has 0 spiro atoms. The van der Waals surface area contributed by atoms with Gasteiger partial charge in [0.15, 0.2) is 23.3 Å². The summed E-state index contributed by atoms with van der Waals surface area (Å²) in [5.74, 6) is -1.91. The van der Waals surface area contributed by atoms with Gasteiger partial charge in [0.1, 0.15) is 0 Å². The van der Waals surface area contributed by atoms with Crippen LogP contribution in [0.15, 0.2) is 6.07 Å². The molecule has 1 aromatic rings. The number of pyridine rings is 1. The van der Waals surface area contributed by atoms with Crippen molar-refractivity contribution in [3.05, 3.63) is 17.7 Å². The van der Waals surface area contributed by atoms with Gasteiger partial charge in [-0.15, -0.1) is 0 Å². The number of hydrogen-bond acceptors (Lipinski definition) is 4. The van der Waals surface area contributed by atoms with Crippen LogP contribution in [-0.4, -0.2) is 22.7 Å². The maximum atomic E-state index is 13.5. The van der Waals surface area contributed by atoms with Crippen molar-refractivity contribution in [2.24, 2.45) is 5.92 Å². The Morgan fingerprint density at radius 1 is 1.33 bits per heavy atom.